The van der Waals surface area contributed by atoms with E-state index in [0.717, 1.165) is 0 Å². The Morgan fingerprint density at radius 2 is 2.00 bits per heavy atom. The number of alkyl halides is 2. The van der Waals surface area contributed by atoms with Crippen molar-refractivity contribution in [1.29, 1.82) is 0 Å². The molecule has 1 N–H and O–H groups in total. The fourth-order valence-corrected chi connectivity index (χ4v) is 3.34. The second-order valence-corrected chi connectivity index (χ2v) is 6.32. The lowest BCUT2D eigenvalue weighted by Gasteiger charge is -2.41. The molecule has 6 nitrogen and oxygen atoms in total. The summed E-state index contributed by atoms with van der Waals surface area (Å²) in [5.74, 6) is -0.728. The molecule has 8 heteroatoms. The van der Waals surface area contributed by atoms with Crippen LogP contribution in [0.2, 0.25) is 0 Å². The molecule has 2 saturated heterocycles. The molecule has 2 amide bonds. The maximum Gasteiger partial charge on any atom is 0.387 e. The number of para-hydroxylation sites is 1. The number of benzene rings is 1. The first-order chi connectivity index (χ1) is 12.0. The normalized spacial score (nSPS) is 20.7. The number of carbonyl (C=O) groups is 2. The van der Waals surface area contributed by atoms with Gasteiger partial charge in [-0.2, -0.15) is 8.78 Å². The van der Waals surface area contributed by atoms with Crippen molar-refractivity contribution in [2.45, 2.75) is 25.5 Å². The summed E-state index contributed by atoms with van der Waals surface area (Å²) in [5.41, 5.74) is 0.0272. The second-order valence-electron chi connectivity index (χ2n) is 6.32. The summed E-state index contributed by atoms with van der Waals surface area (Å²) in [6.07, 6.45) is 1.22. The molecule has 2 aliphatic rings. The standard InChI is InChI=1S/C17H20F2N2O4/c18-17(19)25-14-6-2-1-4-12(14)15(23)21-7-3-5-13(21)16(24)20-8-11(9-20)10-22/h1-2,4,6,11,13,17,22H,3,5,7-10H2. The van der Waals surface area contributed by atoms with Gasteiger partial charge in [0.15, 0.2) is 0 Å². The van der Waals surface area contributed by atoms with Crippen molar-refractivity contribution in [2.75, 3.05) is 26.2 Å². The fourth-order valence-electron chi connectivity index (χ4n) is 3.34. The van der Waals surface area contributed by atoms with Gasteiger partial charge in [-0.1, -0.05) is 12.1 Å². The topological polar surface area (TPSA) is 70.1 Å². The highest BCUT2D eigenvalue weighted by Gasteiger charge is 2.41. The van der Waals surface area contributed by atoms with Gasteiger partial charge in [0.2, 0.25) is 5.91 Å². The highest BCUT2D eigenvalue weighted by molar-refractivity contribution is 6.00. The van der Waals surface area contributed by atoms with Crippen LogP contribution in [0.25, 0.3) is 0 Å². The summed E-state index contributed by atoms with van der Waals surface area (Å²) in [4.78, 5) is 28.5. The van der Waals surface area contributed by atoms with E-state index in [1.807, 2.05) is 0 Å². The number of ether oxygens (including phenoxy) is 1. The Balaban J connectivity index is 1.74. The summed E-state index contributed by atoms with van der Waals surface area (Å²) in [6.45, 7) is -1.62. The van der Waals surface area contributed by atoms with Crippen LogP contribution in [-0.4, -0.2) is 65.6 Å². The third-order valence-electron chi connectivity index (χ3n) is 4.66. The smallest absolute Gasteiger partial charge is 0.387 e. The van der Waals surface area contributed by atoms with Crippen molar-refractivity contribution < 1.29 is 28.2 Å². The van der Waals surface area contributed by atoms with Gasteiger partial charge < -0.3 is 19.6 Å². The minimum absolute atomic E-state index is 0.0272. The van der Waals surface area contributed by atoms with Gasteiger partial charge >= 0.3 is 6.61 Å². The molecular formula is C17H20F2N2O4. The van der Waals surface area contributed by atoms with Gasteiger partial charge in [0.1, 0.15) is 11.8 Å². The van der Waals surface area contributed by atoms with Gasteiger partial charge in [0.25, 0.3) is 5.91 Å². The largest absolute Gasteiger partial charge is 0.434 e. The van der Waals surface area contributed by atoms with Crippen molar-refractivity contribution >= 4 is 11.8 Å². The molecule has 1 aromatic rings. The highest BCUT2D eigenvalue weighted by atomic mass is 19.3. The Kier molecular flexibility index (Phi) is 5.17. The molecule has 0 spiro atoms. The zero-order valence-electron chi connectivity index (χ0n) is 13.6. The molecule has 2 aliphatic heterocycles. The van der Waals surface area contributed by atoms with Crippen molar-refractivity contribution in [3.8, 4) is 5.75 Å². The lowest BCUT2D eigenvalue weighted by Crippen LogP contribution is -2.57. The molecular weight excluding hydrogens is 334 g/mol. The minimum Gasteiger partial charge on any atom is -0.434 e. The van der Waals surface area contributed by atoms with E-state index in [4.69, 9.17) is 5.11 Å². The minimum atomic E-state index is -3.03. The van der Waals surface area contributed by atoms with Gasteiger partial charge in [0.05, 0.1) is 5.56 Å². The summed E-state index contributed by atoms with van der Waals surface area (Å²) in [6, 6.07) is 5.22. The number of hydrogen-bond acceptors (Lipinski definition) is 4. The molecule has 0 aromatic heterocycles. The molecule has 1 atom stereocenters. The summed E-state index contributed by atoms with van der Waals surface area (Å²) in [5, 5.41) is 9.06. The number of aliphatic hydroxyl groups is 1. The van der Waals surface area contributed by atoms with Gasteiger partial charge in [-0.15, -0.1) is 0 Å². The van der Waals surface area contributed by atoms with Gasteiger partial charge in [-0.3, -0.25) is 9.59 Å². The molecule has 2 fully saturated rings. The molecule has 136 valence electrons. The molecule has 25 heavy (non-hydrogen) atoms. The number of carbonyl (C=O) groups excluding carboxylic acids is 2. The lowest BCUT2D eigenvalue weighted by molar-refractivity contribution is -0.142. The summed E-state index contributed by atoms with van der Waals surface area (Å²) < 4.78 is 29.5. The molecule has 2 heterocycles. The van der Waals surface area contributed by atoms with E-state index in [1.165, 1.54) is 23.1 Å². The number of hydrogen-bond donors (Lipinski definition) is 1. The molecule has 3 rings (SSSR count). The van der Waals surface area contributed by atoms with Crippen LogP contribution >= 0.6 is 0 Å². The molecule has 1 unspecified atom stereocenters. The van der Waals surface area contributed by atoms with E-state index in [0.29, 0.717) is 32.5 Å². The van der Waals surface area contributed by atoms with Crippen molar-refractivity contribution in [3.05, 3.63) is 29.8 Å². The van der Waals surface area contributed by atoms with E-state index in [1.54, 1.807) is 11.0 Å². The van der Waals surface area contributed by atoms with Gasteiger partial charge in [0, 0.05) is 32.2 Å². The fraction of sp³-hybridized carbons (Fsp3) is 0.529. The predicted molar refractivity (Wildman–Crippen MR) is 84.3 cm³/mol. The van der Waals surface area contributed by atoms with Crippen LogP contribution in [0.3, 0.4) is 0 Å². The van der Waals surface area contributed by atoms with Crippen LogP contribution in [0.1, 0.15) is 23.2 Å². The Labute approximate surface area is 144 Å². The van der Waals surface area contributed by atoms with E-state index >= 15 is 0 Å². The van der Waals surface area contributed by atoms with Crippen LogP contribution in [0, 0.1) is 5.92 Å². The number of rotatable bonds is 5. The average Bonchev–Trinajstić information content (AvgIpc) is 3.02. The Bertz CT molecular complexity index is 649. The number of aliphatic hydroxyl groups excluding tert-OH is 1. The zero-order chi connectivity index (χ0) is 18.0. The highest BCUT2D eigenvalue weighted by Crippen LogP contribution is 2.28. The van der Waals surface area contributed by atoms with Crippen molar-refractivity contribution in [2.24, 2.45) is 5.92 Å². The van der Waals surface area contributed by atoms with E-state index in [-0.39, 0.29) is 29.7 Å². The first-order valence-corrected chi connectivity index (χ1v) is 8.25. The molecule has 0 aliphatic carbocycles. The molecule has 1 aromatic carbocycles. The number of likely N-dealkylation sites (tertiary alicyclic amines) is 2. The van der Waals surface area contributed by atoms with E-state index < -0.39 is 18.6 Å². The third-order valence-corrected chi connectivity index (χ3v) is 4.66. The van der Waals surface area contributed by atoms with Crippen LogP contribution in [0.4, 0.5) is 8.78 Å². The van der Waals surface area contributed by atoms with Crippen LogP contribution in [0.5, 0.6) is 5.75 Å². The lowest BCUT2D eigenvalue weighted by atomic mass is 9.99. The monoisotopic (exact) mass is 354 g/mol. The van der Waals surface area contributed by atoms with Crippen LogP contribution in [-0.2, 0) is 4.79 Å². The number of amides is 2. The Morgan fingerprint density at radius 1 is 1.28 bits per heavy atom. The maximum atomic E-state index is 12.8. The molecule has 0 bridgehead atoms. The van der Waals surface area contributed by atoms with Gasteiger partial charge in [-0.05, 0) is 25.0 Å². The van der Waals surface area contributed by atoms with E-state index in [9.17, 15) is 18.4 Å². The predicted octanol–water partition coefficient (Wildman–Crippen LogP) is 1.34. The Hall–Kier alpha value is -2.22. The second kappa shape index (κ2) is 7.35. The summed E-state index contributed by atoms with van der Waals surface area (Å²) >= 11 is 0. The average molecular weight is 354 g/mol. The quantitative estimate of drug-likeness (QED) is 0.866. The van der Waals surface area contributed by atoms with Crippen LogP contribution < -0.4 is 4.74 Å². The van der Waals surface area contributed by atoms with E-state index in [2.05, 4.69) is 4.74 Å². The van der Waals surface area contributed by atoms with Crippen molar-refractivity contribution in [3.63, 3.8) is 0 Å². The third kappa shape index (κ3) is 3.58. The van der Waals surface area contributed by atoms with Gasteiger partial charge in [-0.25, -0.2) is 0 Å². The zero-order valence-corrected chi connectivity index (χ0v) is 13.6. The Morgan fingerprint density at radius 3 is 2.68 bits per heavy atom. The van der Waals surface area contributed by atoms with Crippen molar-refractivity contribution in [1.82, 2.24) is 9.80 Å². The van der Waals surface area contributed by atoms with Crippen LogP contribution in [0.15, 0.2) is 24.3 Å². The first kappa shape index (κ1) is 17.6. The first-order valence-electron chi connectivity index (χ1n) is 8.25. The molecule has 0 saturated carbocycles. The molecule has 0 radical (unpaired) electrons. The SMILES string of the molecule is O=C(C1CCCN1C(=O)c1ccccc1OC(F)F)N1CC(CO)C1. The maximum absolute atomic E-state index is 12.8. The number of nitrogens with zero attached hydrogens (tertiary/aromatic N) is 2. The summed E-state index contributed by atoms with van der Waals surface area (Å²) in [7, 11) is 0. The number of halogens is 2.